The summed E-state index contributed by atoms with van der Waals surface area (Å²) in [5, 5.41) is 12.9. The van der Waals surface area contributed by atoms with Gasteiger partial charge < -0.3 is 5.11 Å². The maximum atomic E-state index is 11.7. The Hall–Kier alpha value is -2.01. The van der Waals surface area contributed by atoms with Gasteiger partial charge in [-0.25, -0.2) is 4.68 Å². The molecule has 6 heteroatoms. The van der Waals surface area contributed by atoms with Crippen molar-refractivity contribution in [2.24, 2.45) is 0 Å². The number of halogens is 1. The summed E-state index contributed by atoms with van der Waals surface area (Å²) in [5.74, 6) is -0.419. The average molecular weight is 407 g/mol. The molecule has 154 valence electrons. The zero-order chi connectivity index (χ0) is 20.4. The Balaban J connectivity index is 1.82. The second kappa shape index (κ2) is 11.7. The lowest BCUT2D eigenvalue weighted by Crippen LogP contribution is -2.07. The van der Waals surface area contributed by atoms with Gasteiger partial charge in [-0.3, -0.25) is 14.7 Å². The van der Waals surface area contributed by atoms with E-state index in [1.165, 1.54) is 57.8 Å². The van der Waals surface area contributed by atoms with E-state index in [9.17, 15) is 14.7 Å². The first-order valence-corrected chi connectivity index (χ1v) is 10.7. The van der Waals surface area contributed by atoms with Gasteiger partial charge in [0.05, 0.1) is 10.7 Å². The van der Waals surface area contributed by atoms with Crippen molar-refractivity contribution in [1.82, 2.24) is 9.78 Å². The lowest BCUT2D eigenvalue weighted by atomic mass is 10.0. The van der Waals surface area contributed by atoms with Gasteiger partial charge in [-0.15, -0.1) is 0 Å². The molecule has 0 saturated carbocycles. The van der Waals surface area contributed by atoms with Gasteiger partial charge in [0.25, 0.3) is 5.56 Å². The molecule has 1 aromatic heterocycles. The number of nitrogens with one attached hydrogen (secondary N) is 1. The molecule has 0 saturated heterocycles. The van der Waals surface area contributed by atoms with Gasteiger partial charge >= 0.3 is 0 Å². The average Bonchev–Trinajstić information content (AvgIpc) is 2.97. The largest absolute Gasteiger partial charge is 0.493 e. The molecule has 0 aliphatic heterocycles. The van der Waals surface area contributed by atoms with Crippen molar-refractivity contribution < 1.29 is 9.90 Å². The van der Waals surface area contributed by atoms with Crippen molar-refractivity contribution in [3.8, 4) is 11.6 Å². The summed E-state index contributed by atoms with van der Waals surface area (Å²) in [6.07, 6.45) is 14.1. The fourth-order valence-electron chi connectivity index (χ4n) is 3.42. The number of H-pyrrole nitrogens is 1. The number of carbonyl (C=O) groups is 1. The van der Waals surface area contributed by atoms with Crippen molar-refractivity contribution in [2.75, 3.05) is 0 Å². The van der Waals surface area contributed by atoms with Crippen LogP contribution < -0.4 is 5.56 Å². The maximum absolute atomic E-state index is 11.7. The predicted octanol–water partition coefficient (Wildman–Crippen LogP) is 5.80. The van der Waals surface area contributed by atoms with Crippen molar-refractivity contribution >= 4 is 17.9 Å². The molecule has 0 fully saturated rings. The van der Waals surface area contributed by atoms with Crippen LogP contribution in [0.4, 0.5) is 0 Å². The lowest BCUT2D eigenvalue weighted by Gasteiger charge is -2.10. The Kier molecular flexibility index (Phi) is 9.35. The molecule has 5 nitrogen and oxygen atoms in total. The molecular formula is C22H31ClN2O3. The minimum absolute atomic E-state index is 0.295. The van der Waals surface area contributed by atoms with E-state index in [1.54, 1.807) is 6.07 Å². The Morgan fingerprint density at radius 2 is 1.64 bits per heavy atom. The van der Waals surface area contributed by atoms with E-state index in [-0.39, 0.29) is 5.56 Å². The second-order valence-electron chi connectivity index (χ2n) is 7.35. The number of carbonyl (C=O) groups excluding carboxylic acids is 1. The summed E-state index contributed by atoms with van der Waals surface area (Å²) in [4.78, 5) is 22.7. The molecule has 0 spiro atoms. The highest BCUT2D eigenvalue weighted by Crippen LogP contribution is 2.26. The fourth-order valence-corrected chi connectivity index (χ4v) is 3.62. The van der Waals surface area contributed by atoms with Crippen molar-refractivity contribution in [1.29, 1.82) is 0 Å². The van der Waals surface area contributed by atoms with Gasteiger partial charge in [-0.2, -0.15) is 0 Å². The van der Waals surface area contributed by atoms with Crippen molar-refractivity contribution in [3.63, 3.8) is 0 Å². The Morgan fingerprint density at radius 1 is 1.04 bits per heavy atom. The summed E-state index contributed by atoms with van der Waals surface area (Å²) in [5.41, 5.74) is 0.620. The van der Waals surface area contributed by atoms with Crippen LogP contribution in [0.3, 0.4) is 0 Å². The minimum atomic E-state index is -0.635. The molecule has 0 unspecified atom stereocenters. The SMILES string of the molecule is CCCCCCCCCCCCc1ccc(Cl)c(-n2[nH]c(=O)c(C=O)c2O)c1. The normalized spacial score (nSPS) is 11.1. The molecule has 0 radical (unpaired) electrons. The number of hydrogen-bond acceptors (Lipinski definition) is 3. The van der Waals surface area contributed by atoms with E-state index in [2.05, 4.69) is 12.0 Å². The first-order chi connectivity index (χ1) is 13.6. The van der Waals surface area contributed by atoms with E-state index >= 15 is 0 Å². The van der Waals surface area contributed by atoms with Crippen LogP contribution in [0.1, 0.15) is 87.1 Å². The van der Waals surface area contributed by atoms with Gasteiger partial charge in [-0.05, 0) is 30.5 Å². The lowest BCUT2D eigenvalue weighted by molar-refractivity contribution is 0.112. The van der Waals surface area contributed by atoms with Crippen LogP contribution in [0, 0.1) is 0 Å². The summed E-state index contributed by atoms with van der Waals surface area (Å²) < 4.78 is 1.16. The zero-order valence-corrected chi connectivity index (χ0v) is 17.4. The predicted molar refractivity (Wildman–Crippen MR) is 114 cm³/mol. The molecule has 2 aromatic rings. The van der Waals surface area contributed by atoms with Gasteiger partial charge in [0.15, 0.2) is 6.29 Å². The van der Waals surface area contributed by atoms with E-state index in [0.717, 1.165) is 23.1 Å². The number of nitrogens with zero attached hydrogens (tertiary/aromatic N) is 1. The maximum Gasteiger partial charge on any atom is 0.279 e. The summed E-state index contributed by atoms with van der Waals surface area (Å²) in [6, 6.07) is 5.56. The highest BCUT2D eigenvalue weighted by atomic mass is 35.5. The molecular weight excluding hydrogens is 376 g/mol. The number of aryl methyl sites for hydroxylation is 1. The Morgan fingerprint density at radius 3 is 2.21 bits per heavy atom. The van der Waals surface area contributed by atoms with Crippen LogP contribution in [0.5, 0.6) is 5.88 Å². The van der Waals surface area contributed by atoms with Crippen LogP contribution in [0.2, 0.25) is 5.02 Å². The third-order valence-corrected chi connectivity index (χ3v) is 5.42. The van der Waals surface area contributed by atoms with Crippen LogP contribution in [-0.4, -0.2) is 21.2 Å². The Labute approximate surface area is 171 Å². The number of aromatic amines is 1. The van der Waals surface area contributed by atoms with Gasteiger partial charge in [0, 0.05) is 0 Å². The van der Waals surface area contributed by atoms with Crippen LogP contribution in [-0.2, 0) is 6.42 Å². The molecule has 0 bridgehead atoms. The molecule has 28 heavy (non-hydrogen) atoms. The number of rotatable bonds is 13. The molecule has 1 aromatic carbocycles. The third kappa shape index (κ3) is 6.26. The van der Waals surface area contributed by atoms with Crippen LogP contribution in [0.15, 0.2) is 23.0 Å². The first kappa shape index (κ1) is 22.3. The molecule has 2 N–H and O–H groups in total. The summed E-state index contributed by atoms with van der Waals surface area (Å²) >= 11 is 6.23. The minimum Gasteiger partial charge on any atom is -0.493 e. The van der Waals surface area contributed by atoms with Crippen LogP contribution in [0.25, 0.3) is 5.69 Å². The van der Waals surface area contributed by atoms with E-state index in [0.29, 0.717) is 17.0 Å². The van der Waals surface area contributed by atoms with Crippen molar-refractivity contribution in [2.45, 2.75) is 77.6 Å². The third-order valence-electron chi connectivity index (χ3n) is 5.10. The quantitative estimate of drug-likeness (QED) is 0.326. The number of unbranched alkanes of at least 4 members (excludes halogenated alkanes) is 9. The molecule has 2 rings (SSSR count). The fraction of sp³-hybridized carbons (Fsp3) is 0.545. The molecule has 1 heterocycles. The number of aromatic hydroxyl groups is 1. The number of benzene rings is 1. The zero-order valence-electron chi connectivity index (χ0n) is 16.7. The molecule has 0 atom stereocenters. The Bertz CT molecular complexity index is 811. The number of hydrogen-bond donors (Lipinski definition) is 2. The second-order valence-corrected chi connectivity index (χ2v) is 7.76. The molecule has 0 aliphatic rings. The van der Waals surface area contributed by atoms with Crippen molar-refractivity contribution in [3.05, 3.63) is 44.7 Å². The monoisotopic (exact) mass is 406 g/mol. The summed E-state index contributed by atoms with van der Waals surface area (Å²) in [7, 11) is 0. The van der Waals surface area contributed by atoms with Gasteiger partial charge in [-0.1, -0.05) is 82.4 Å². The van der Waals surface area contributed by atoms with E-state index in [4.69, 9.17) is 11.6 Å². The van der Waals surface area contributed by atoms with Gasteiger partial charge in [0.1, 0.15) is 5.56 Å². The topological polar surface area (TPSA) is 75.1 Å². The van der Waals surface area contributed by atoms with Gasteiger partial charge in [0.2, 0.25) is 5.88 Å². The molecule has 0 aliphatic carbocycles. The summed E-state index contributed by atoms with van der Waals surface area (Å²) in [6.45, 7) is 2.24. The van der Waals surface area contributed by atoms with E-state index < -0.39 is 11.4 Å². The highest BCUT2D eigenvalue weighted by molar-refractivity contribution is 6.32. The van der Waals surface area contributed by atoms with Crippen LogP contribution >= 0.6 is 11.6 Å². The molecule has 0 amide bonds. The smallest absolute Gasteiger partial charge is 0.279 e. The number of aromatic nitrogens is 2. The standard InChI is InChI=1S/C22H31ClN2O3/c1-2-3-4-5-6-7-8-9-10-11-12-17-13-14-19(23)20(15-17)25-22(28)18(16-26)21(27)24-25/h13-16,28H,2-12H2,1H3,(H,24,27). The highest BCUT2D eigenvalue weighted by Gasteiger charge is 2.16. The first-order valence-electron chi connectivity index (χ1n) is 10.4. The number of aldehydes is 1. The van der Waals surface area contributed by atoms with E-state index in [1.807, 2.05) is 12.1 Å².